The normalized spacial score (nSPS) is 21.1. The van der Waals surface area contributed by atoms with Crippen LogP contribution in [0.2, 0.25) is 0 Å². The number of nitrogens with zero attached hydrogens (tertiary/aromatic N) is 3. The molecule has 5 nitrogen and oxygen atoms in total. The minimum atomic E-state index is 0.572. The molecule has 1 aromatic heterocycles. The lowest BCUT2D eigenvalue weighted by atomic mass is 9.89. The van der Waals surface area contributed by atoms with Crippen molar-refractivity contribution in [1.82, 2.24) is 15.3 Å². The second-order valence-corrected chi connectivity index (χ2v) is 8.72. The molecule has 1 fully saturated rings. The predicted molar refractivity (Wildman–Crippen MR) is 120 cm³/mol. The lowest BCUT2D eigenvalue weighted by Crippen LogP contribution is -2.18. The SMILES string of the molecule is Cc1cnc(NCC2CCCCC2)nc1/C(C#N)=C1/NC(C2=CCCC=C2)=CS1. The van der Waals surface area contributed by atoms with Crippen molar-refractivity contribution < 1.29 is 0 Å². The monoisotopic (exact) mass is 405 g/mol. The Balaban J connectivity index is 1.51. The van der Waals surface area contributed by atoms with E-state index in [2.05, 4.69) is 45.3 Å². The van der Waals surface area contributed by atoms with Crippen molar-refractivity contribution in [2.45, 2.75) is 51.9 Å². The first-order valence-corrected chi connectivity index (χ1v) is 11.4. The molecule has 0 bridgehead atoms. The molecule has 0 atom stereocenters. The van der Waals surface area contributed by atoms with Crippen molar-refractivity contribution in [2.24, 2.45) is 5.92 Å². The third-order valence-electron chi connectivity index (χ3n) is 5.67. The number of rotatable bonds is 5. The summed E-state index contributed by atoms with van der Waals surface area (Å²) in [5.74, 6) is 1.31. The maximum Gasteiger partial charge on any atom is 0.223 e. The molecular formula is C23H27N5S. The molecular weight excluding hydrogens is 378 g/mol. The maximum absolute atomic E-state index is 9.89. The molecule has 0 spiro atoms. The summed E-state index contributed by atoms with van der Waals surface area (Å²) < 4.78 is 0. The van der Waals surface area contributed by atoms with E-state index in [1.54, 1.807) is 11.8 Å². The zero-order valence-corrected chi connectivity index (χ0v) is 17.7. The van der Waals surface area contributed by atoms with Gasteiger partial charge in [-0.05, 0) is 49.7 Å². The van der Waals surface area contributed by atoms with Crippen molar-refractivity contribution in [3.8, 4) is 6.07 Å². The van der Waals surface area contributed by atoms with Gasteiger partial charge in [0.25, 0.3) is 0 Å². The second-order valence-electron chi connectivity index (χ2n) is 7.84. The third-order valence-corrected chi connectivity index (χ3v) is 6.57. The van der Waals surface area contributed by atoms with Gasteiger partial charge in [-0.1, -0.05) is 49.3 Å². The smallest absolute Gasteiger partial charge is 0.223 e. The van der Waals surface area contributed by atoms with Gasteiger partial charge in [0.05, 0.1) is 16.4 Å². The quantitative estimate of drug-likeness (QED) is 0.637. The lowest BCUT2D eigenvalue weighted by Gasteiger charge is -2.21. The maximum atomic E-state index is 9.89. The zero-order chi connectivity index (χ0) is 20.1. The van der Waals surface area contributed by atoms with Crippen LogP contribution in [0.25, 0.3) is 5.57 Å². The molecule has 0 amide bonds. The van der Waals surface area contributed by atoms with Crippen molar-refractivity contribution in [3.63, 3.8) is 0 Å². The van der Waals surface area contributed by atoms with Crippen LogP contribution in [0.3, 0.4) is 0 Å². The highest BCUT2D eigenvalue weighted by molar-refractivity contribution is 8.06. The Kier molecular flexibility index (Phi) is 6.36. The van der Waals surface area contributed by atoms with Crippen LogP contribution in [0.4, 0.5) is 5.95 Å². The number of allylic oxidation sites excluding steroid dienone is 4. The van der Waals surface area contributed by atoms with Gasteiger partial charge in [0.2, 0.25) is 5.95 Å². The number of anilines is 1. The van der Waals surface area contributed by atoms with Gasteiger partial charge in [-0.3, -0.25) is 0 Å². The van der Waals surface area contributed by atoms with E-state index in [0.29, 0.717) is 23.1 Å². The van der Waals surface area contributed by atoms with Crippen LogP contribution in [0.1, 0.15) is 56.2 Å². The molecule has 2 heterocycles. The van der Waals surface area contributed by atoms with Crippen LogP contribution in [0.5, 0.6) is 0 Å². The van der Waals surface area contributed by atoms with Crippen LogP contribution in [0.15, 0.2) is 46.1 Å². The van der Waals surface area contributed by atoms with Crippen LogP contribution in [0, 0.1) is 24.2 Å². The first kappa shape index (κ1) is 19.8. The number of aromatic nitrogens is 2. The molecule has 2 N–H and O–H groups in total. The summed E-state index contributed by atoms with van der Waals surface area (Å²) in [5, 5.41) is 19.6. The van der Waals surface area contributed by atoms with E-state index >= 15 is 0 Å². The number of hydrogen-bond donors (Lipinski definition) is 2. The summed E-state index contributed by atoms with van der Waals surface area (Å²) >= 11 is 1.55. The van der Waals surface area contributed by atoms with Crippen LogP contribution >= 0.6 is 11.8 Å². The van der Waals surface area contributed by atoms with Gasteiger partial charge in [-0.2, -0.15) is 5.26 Å². The number of aryl methyl sites for hydroxylation is 1. The summed E-state index contributed by atoms with van der Waals surface area (Å²) in [6, 6.07) is 2.36. The molecule has 0 unspecified atom stereocenters. The van der Waals surface area contributed by atoms with E-state index in [-0.39, 0.29) is 0 Å². The van der Waals surface area contributed by atoms with Crippen LogP contribution in [-0.4, -0.2) is 16.5 Å². The standard InChI is InChI=1S/C23H27N5S/c1-16-13-25-23(26-14-17-8-4-2-5-9-17)28-21(16)19(12-24)22-27-20(15-29-22)18-10-6-3-7-11-18/h6,10-11,13,15,17,27H,2-5,7-9,14H2,1H3,(H,25,26,28)/b22-19-. The number of nitriles is 1. The summed E-state index contributed by atoms with van der Waals surface area (Å²) in [4.78, 5) is 9.14. The van der Waals surface area contributed by atoms with Crippen molar-refractivity contribution >= 4 is 23.3 Å². The molecule has 1 saturated carbocycles. The van der Waals surface area contributed by atoms with E-state index in [4.69, 9.17) is 4.98 Å². The summed E-state index contributed by atoms with van der Waals surface area (Å²) in [7, 11) is 0. The van der Waals surface area contributed by atoms with Crippen LogP contribution < -0.4 is 10.6 Å². The molecule has 0 radical (unpaired) electrons. The molecule has 6 heteroatoms. The molecule has 2 aliphatic carbocycles. The number of nitrogens with one attached hydrogen (secondary N) is 2. The molecule has 3 aliphatic rings. The van der Waals surface area contributed by atoms with Crippen LogP contribution in [-0.2, 0) is 0 Å². The fourth-order valence-corrected chi connectivity index (χ4v) is 4.85. The lowest BCUT2D eigenvalue weighted by molar-refractivity contribution is 0.373. The van der Waals surface area contributed by atoms with Crippen molar-refractivity contribution in [1.29, 1.82) is 5.26 Å². The average Bonchev–Trinajstić information content (AvgIpc) is 3.26. The second kappa shape index (κ2) is 9.32. The largest absolute Gasteiger partial charge is 0.354 e. The zero-order valence-electron chi connectivity index (χ0n) is 16.9. The average molecular weight is 406 g/mol. The Hall–Kier alpha value is -2.52. The Labute approximate surface area is 177 Å². The first-order chi connectivity index (χ1) is 14.2. The highest BCUT2D eigenvalue weighted by atomic mass is 32.2. The van der Waals surface area contributed by atoms with Gasteiger partial charge in [0, 0.05) is 18.1 Å². The summed E-state index contributed by atoms with van der Waals surface area (Å²) in [5.41, 5.74) is 4.42. The minimum Gasteiger partial charge on any atom is -0.354 e. The molecule has 29 heavy (non-hydrogen) atoms. The predicted octanol–water partition coefficient (Wildman–Crippen LogP) is 5.42. The Bertz CT molecular complexity index is 929. The molecule has 0 aromatic carbocycles. The van der Waals surface area contributed by atoms with E-state index < -0.39 is 0 Å². The number of thioether (sulfide) groups is 1. The molecule has 150 valence electrons. The van der Waals surface area contributed by atoms with Crippen molar-refractivity contribution in [3.05, 3.63) is 57.4 Å². The summed E-state index contributed by atoms with van der Waals surface area (Å²) in [6.07, 6.45) is 17.1. The number of hydrogen-bond acceptors (Lipinski definition) is 6. The van der Waals surface area contributed by atoms with E-state index in [1.165, 1.54) is 37.7 Å². The summed E-state index contributed by atoms with van der Waals surface area (Å²) in [6.45, 7) is 2.86. The van der Waals surface area contributed by atoms with Gasteiger partial charge in [-0.25, -0.2) is 9.97 Å². The van der Waals surface area contributed by atoms with Gasteiger partial charge in [-0.15, -0.1) is 0 Å². The van der Waals surface area contributed by atoms with Gasteiger partial charge >= 0.3 is 0 Å². The van der Waals surface area contributed by atoms with E-state index in [9.17, 15) is 5.26 Å². The molecule has 1 aromatic rings. The van der Waals surface area contributed by atoms with Crippen molar-refractivity contribution in [2.75, 3.05) is 11.9 Å². The van der Waals surface area contributed by atoms with Gasteiger partial charge in [0.15, 0.2) is 0 Å². The first-order valence-electron chi connectivity index (χ1n) is 10.5. The van der Waals surface area contributed by atoms with E-state index in [1.807, 2.05) is 13.1 Å². The Morgan fingerprint density at radius 3 is 2.93 bits per heavy atom. The molecule has 4 rings (SSSR count). The fraction of sp³-hybridized carbons (Fsp3) is 0.435. The van der Waals surface area contributed by atoms with Gasteiger partial charge < -0.3 is 10.6 Å². The fourth-order valence-electron chi connectivity index (χ4n) is 3.99. The molecule has 0 saturated heterocycles. The van der Waals surface area contributed by atoms with E-state index in [0.717, 1.165) is 35.7 Å². The van der Waals surface area contributed by atoms with Gasteiger partial charge in [0.1, 0.15) is 11.6 Å². The molecule has 1 aliphatic heterocycles. The highest BCUT2D eigenvalue weighted by Crippen LogP contribution is 2.35. The third kappa shape index (κ3) is 4.73. The highest BCUT2D eigenvalue weighted by Gasteiger charge is 2.21. The minimum absolute atomic E-state index is 0.572. The Morgan fingerprint density at radius 2 is 2.17 bits per heavy atom. The topological polar surface area (TPSA) is 73.6 Å². The Morgan fingerprint density at radius 1 is 1.31 bits per heavy atom.